The van der Waals surface area contributed by atoms with Gasteiger partial charge in [0, 0.05) is 12.3 Å². The maximum atomic E-state index is 13.2. The van der Waals surface area contributed by atoms with Gasteiger partial charge in [0.25, 0.3) is 0 Å². The number of methoxy groups -OCH3 is 1. The first-order valence-electron chi connectivity index (χ1n) is 10.7. The first-order valence-corrected chi connectivity index (χ1v) is 10.7. The lowest BCUT2D eigenvalue weighted by Gasteiger charge is -2.35. The molecule has 0 aromatic heterocycles. The van der Waals surface area contributed by atoms with Crippen molar-refractivity contribution in [3.8, 4) is 6.07 Å². The molecule has 0 saturated carbocycles. The summed E-state index contributed by atoms with van der Waals surface area (Å²) in [5.74, 6) is -1.60. The summed E-state index contributed by atoms with van der Waals surface area (Å²) in [6.45, 7) is 1.95. The van der Waals surface area contributed by atoms with Crippen LogP contribution in [0.5, 0.6) is 0 Å². The number of esters is 1. The Labute approximate surface area is 193 Å². The van der Waals surface area contributed by atoms with Crippen LogP contribution in [0.3, 0.4) is 0 Å². The number of rotatable bonds is 7. The molecule has 0 unspecified atom stereocenters. The van der Waals surface area contributed by atoms with E-state index in [1.165, 1.54) is 12.0 Å². The molecule has 0 fully saturated rings. The number of hydrogen-bond acceptors (Lipinski definition) is 6. The molecule has 3 atom stereocenters. The van der Waals surface area contributed by atoms with Gasteiger partial charge in [-0.15, -0.1) is 0 Å². The minimum Gasteiger partial charge on any atom is -0.467 e. The average molecular weight is 450 g/mol. The van der Waals surface area contributed by atoms with Gasteiger partial charge in [-0.3, -0.25) is 9.69 Å². The number of amides is 2. The van der Waals surface area contributed by atoms with Gasteiger partial charge in [-0.2, -0.15) is 5.26 Å². The Morgan fingerprint density at radius 3 is 2.45 bits per heavy atom. The van der Waals surface area contributed by atoms with Crippen LogP contribution in [0, 0.1) is 17.2 Å². The predicted octanol–water partition coefficient (Wildman–Crippen LogP) is 2.96. The van der Waals surface area contributed by atoms with Crippen molar-refractivity contribution in [2.75, 3.05) is 7.11 Å². The van der Waals surface area contributed by atoms with E-state index in [2.05, 4.69) is 11.4 Å². The lowest BCUT2D eigenvalue weighted by atomic mass is 9.93. The quantitative estimate of drug-likeness (QED) is 0.651. The van der Waals surface area contributed by atoms with Gasteiger partial charge in [-0.25, -0.2) is 9.59 Å². The largest absolute Gasteiger partial charge is 0.467 e. The Kier molecular flexibility index (Phi) is 8.03. The molecule has 1 aliphatic rings. The van der Waals surface area contributed by atoms with Crippen LogP contribution in [0.1, 0.15) is 30.0 Å². The number of carbonyl (C=O) groups is 3. The smallest absolute Gasteiger partial charge is 0.411 e. The van der Waals surface area contributed by atoms with E-state index < -0.39 is 36.0 Å². The van der Waals surface area contributed by atoms with Crippen molar-refractivity contribution in [2.24, 2.45) is 5.92 Å². The molecule has 0 spiro atoms. The molecule has 33 heavy (non-hydrogen) atoms. The minimum atomic E-state index is -0.989. The molecule has 8 nitrogen and oxygen atoms in total. The third-order valence-corrected chi connectivity index (χ3v) is 5.60. The molecular formula is C25H27N3O5. The highest BCUT2D eigenvalue weighted by atomic mass is 16.6. The number of benzene rings is 2. The molecule has 2 amide bonds. The van der Waals surface area contributed by atoms with Crippen LogP contribution in [-0.4, -0.2) is 42.1 Å². The van der Waals surface area contributed by atoms with Gasteiger partial charge in [-0.05, 0) is 30.0 Å². The van der Waals surface area contributed by atoms with Crippen LogP contribution < -0.4 is 5.32 Å². The Bertz CT molecular complexity index is 1030. The summed E-state index contributed by atoms with van der Waals surface area (Å²) in [4.78, 5) is 39.8. The van der Waals surface area contributed by atoms with E-state index in [1.807, 2.05) is 54.6 Å². The highest BCUT2D eigenvalue weighted by molar-refractivity contribution is 5.90. The van der Waals surface area contributed by atoms with Gasteiger partial charge >= 0.3 is 12.1 Å². The van der Waals surface area contributed by atoms with Gasteiger partial charge in [0.1, 0.15) is 18.7 Å². The second kappa shape index (κ2) is 11.1. The number of nitrogens with zero attached hydrogens (tertiary/aromatic N) is 2. The van der Waals surface area contributed by atoms with Gasteiger partial charge in [0.05, 0.1) is 19.7 Å². The zero-order valence-corrected chi connectivity index (χ0v) is 18.7. The van der Waals surface area contributed by atoms with E-state index in [-0.39, 0.29) is 26.0 Å². The van der Waals surface area contributed by atoms with Gasteiger partial charge < -0.3 is 14.8 Å². The molecule has 1 aliphatic heterocycles. The van der Waals surface area contributed by atoms with Crippen LogP contribution in [0.15, 0.2) is 54.6 Å². The first kappa shape index (κ1) is 23.8. The normalized spacial score (nSPS) is 16.5. The van der Waals surface area contributed by atoms with Crippen molar-refractivity contribution in [2.45, 2.75) is 45.0 Å². The highest BCUT2D eigenvalue weighted by Crippen LogP contribution is 2.25. The standard InChI is InChI=1S/C25H27N3O5/c1-17(14-26)12-21(24(30)32-2)27-23(29)22-13-19-10-6-7-11-20(19)15-28(22)25(31)33-16-18-8-4-3-5-9-18/h3-11,17,21-22H,12-13,15-16H2,1-2H3,(H,27,29)/t17-,21-,22+/m1/s1. The van der Waals surface area contributed by atoms with E-state index >= 15 is 0 Å². The summed E-state index contributed by atoms with van der Waals surface area (Å²) in [6.07, 6.45) is -0.227. The monoisotopic (exact) mass is 449 g/mol. The van der Waals surface area contributed by atoms with Crippen molar-refractivity contribution in [3.63, 3.8) is 0 Å². The molecule has 1 heterocycles. The van der Waals surface area contributed by atoms with Crippen molar-refractivity contribution in [1.29, 1.82) is 5.26 Å². The Hall–Kier alpha value is -3.86. The molecule has 8 heteroatoms. The lowest BCUT2D eigenvalue weighted by Crippen LogP contribution is -2.55. The van der Waals surface area contributed by atoms with E-state index in [0.29, 0.717) is 0 Å². The number of nitriles is 1. The highest BCUT2D eigenvalue weighted by Gasteiger charge is 2.37. The van der Waals surface area contributed by atoms with E-state index in [1.54, 1.807) is 6.92 Å². The maximum absolute atomic E-state index is 13.2. The summed E-state index contributed by atoms with van der Waals surface area (Å²) >= 11 is 0. The summed E-state index contributed by atoms with van der Waals surface area (Å²) in [5, 5.41) is 11.8. The fraction of sp³-hybridized carbons (Fsp3) is 0.360. The van der Waals surface area contributed by atoms with Gasteiger partial charge in [-0.1, -0.05) is 54.6 Å². The van der Waals surface area contributed by atoms with E-state index in [4.69, 9.17) is 14.7 Å². The molecule has 0 bridgehead atoms. The maximum Gasteiger partial charge on any atom is 0.411 e. The van der Waals surface area contributed by atoms with Crippen molar-refractivity contribution in [3.05, 3.63) is 71.3 Å². The predicted molar refractivity (Wildman–Crippen MR) is 119 cm³/mol. The molecule has 0 radical (unpaired) electrons. The topological polar surface area (TPSA) is 109 Å². The number of fused-ring (bicyclic) bond motifs is 1. The fourth-order valence-corrected chi connectivity index (χ4v) is 3.78. The van der Waals surface area contributed by atoms with Crippen LogP contribution >= 0.6 is 0 Å². The second-order valence-corrected chi connectivity index (χ2v) is 8.01. The van der Waals surface area contributed by atoms with Crippen molar-refractivity contribution < 1.29 is 23.9 Å². The van der Waals surface area contributed by atoms with Crippen molar-refractivity contribution in [1.82, 2.24) is 10.2 Å². The molecule has 172 valence electrons. The zero-order valence-electron chi connectivity index (χ0n) is 18.7. The van der Waals surface area contributed by atoms with Crippen LogP contribution in [0.25, 0.3) is 0 Å². The molecular weight excluding hydrogens is 422 g/mol. The van der Waals surface area contributed by atoms with Gasteiger partial charge in [0.15, 0.2) is 0 Å². The Morgan fingerprint density at radius 2 is 1.79 bits per heavy atom. The number of nitrogens with one attached hydrogen (secondary N) is 1. The molecule has 0 aliphatic carbocycles. The molecule has 1 N–H and O–H groups in total. The molecule has 2 aromatic rings. The minimum absolute atomic E-state index is 0.0800. The summed E-state index contributed by atoms with van der Waals surface area (Å²) in [7, 11) is 1.22. The number of ether oxygens (including phenoxy) is 2. The zero-order chi connectivity index (χ0) is 23.8. The second-order valence-electron chi connectivity index (χ2n) is 8.01. The third kappa shape index (κ3) is 6.10. The van der Waals surface area contributed by atoms with Gasteiger partial charge in [0.2, 0.25) is 5.91 Å². The third-order valence-electron chi connectivity index (χ3n) is 5.60. The molecule has 0 saturated heterocycles. The summed E-state index contributed by atoms with van der Waals surface area (Å²) < 4.78 is 10.3. The number of hydrogen-bond donors (Lipinski definition) is 1. The molecule has 2 aromatic carbocycles. The van der Waals surface area contributed by atoms with Crippen LogP contribution in [0.4, 0.5) is 4.79 Å². The Morgan fingerprint density at radius 1 is 1.12 bits per heavy atom. The average Bonchev–Trinajstić information content (AvgIpc) is 2.85. The summed E-state index contributed by atoms with van der Waals surface area (Å²) in [6, 6.07) is 17.1. The van der Waals surface area contributed by atoms with Crippen molar-refractivity contribution >= 4 is 18.0 Å². The lowest BCUT2D eigenvalue weighted by molar-refractivity contribution is -0.146. The summed E-state index contributed by atoms with van der Waals surface area (Å²) in [5.41, 5.74) is 2.71. The Balaban J connectivity index is 1.79. The van der Waals surface area contributed by atoms with E-state index in [0.717, 1.165) is 16.7 Å². The first-order chi connectivity index (χ1) is 15.9. The fourth-order valence-electron chi connectivity index (χ4n) is 3.78. The van der Waals surface area contributed by atoms with E-state index in [9.17, 15) is 14.4 Å². The number of carbonyl (C=O) groups excluding carboxylic acids is 3. The van der Waals surface area contributed by atoms with Crippen LogP contribution in [0.2, 0.25) is 0 Å². The SMILES string of the molecule is COC(=O)[C@@H](C[C@@H](C)C#N)NC(=O)[C@@H]1Cc2ccccc2CN1C(=O)OCc1ccccc1. The van der Waals surface area contributed by atoms with Crippen LogP contribution in [-0.2, 0) is 38.6 Å². The molecule has 3 rings (SSSR count).